The second-order valence-corrected chi connectivity index (χ2v) is 5.39. The zero-order chi connectivity index (χ0) is 21.9. The van der Waals surface area contributed by atoms with Gasteiger partial charge in [0.25, 0.3) is 0 Å². The summed E-state index contributed by atoms with van der Waals surface area (Å²) in [6, 6.07) is 7.15. The molecule has 1 unspecified atom stereocenters. The molecule has 1 aromatic carbocycles. The monoisotopic (exact) mass is 381 g/mol. The summed E-state index contributed by atoms with van der Waals surface area (Å²) in [6.07, 6.45) is 4.69. The fraction of sp³-hybridized carbons (Fsp3) is 0.292. The number of allylic oxidation sites excluding steroid dienone is 4. The first-order valence-corrected chi connectivity index (χ1v) is 9.53. The normalized spacial score (nSPS) is 14.9. The maximum Gasteiger partial charge on any atom is 0.180 e. The Hall–Kier alpha value is -3.01. The van der Waals surface area contributed by atoms with Crippen LogP contribution in [0, 0.1) is 0 Å². The summed E-state index contributed by atoms with van der Waals surface area (Å²) in [4.78, 5) is 28.8. The molecule has 0 radical (unpaired) electrons. The number of pyridine rings is 1. The molecular formula is C24H31NO3. The molecule has 150 valence electrons. The summed E-state index contributed by atoms with van der Waals surface area (Å²) in [6.45, 7) is 18.4. The minimum Gasteiger partial charge on any atom is -0.505 e. The van der Waals surface area contributed by atoms with E-state index >= 15 is 0 Å². The van der Waals surface area contributed by atoms with E-state index in [2.05, 4.69) is 18.1 Å². The number of Topliss-reactive ketones (excluding diaryl/α,β-unsaturated/α-hetero) is 2. The van der Waals surface area contributed by atoms with Crippen molar-refractivity contribution in [2.45, 2.75) is 47.5 Å². The molecule has 0 saturated heterocycles. The molecule has 4 nitrogen and oxygen atoms in total. The highest BCUT2D eigenvalue weighted by atomic mass is 16.3. The Bertz CT molecular complexity index is 879. The van der Waals surface area contributed by atoms with Crippen LogP contribution >= 0.6 is 0 Å². The maximum atomic E-state index is 12.3. The van der Waals surface area contributed by atoms with Crippen LogP contribution in [0.4, 0.5) is 0 Å². The van der Waals surface area contributed by atoms with Crippen LogP contribution in [-0.4, -0.2) is 21.7 Å². The van der Waals surface area contributed by atoms with Crippen molar-refractivity contribution in [3.63, 3.8) is 0 Å². The molecule has 0 spiro atoms. The number of aromatic hydroxyl groups is 1. The average Bonchev–Trinajstić information content (AvgIpc) is 2.94. The maximum absolute atomic E-state index is 12.3. The second kappa shape index (κ2) is 12.4. The molecule has 2 aromatic rings. The van der Waals surface area contributed by atoms with Gasteiger partial charge in [0.1, 0.15) is 17.4 Å². The van der Waals surface area contributed by atoms with E-state index in [1.54, 1.807) is 31.3 Å². The molecule has 1 aliphatic carbocycles. The van der Waals surface area contributed by atoms with Crippen molar-refractivity contribution in [3.8, 4) is 5.75 Å². The number of ketones is 2. The molecule has 0 fully saturated rings. The van der Waals surface area contributed by atoms with E-state index < -0.39 is 5.92 Å². The minimum absolute atomic E-state index is 0.111. The van der Waals surface area contributed by atoms with Crippen LogP contribution in [0.5, 0.6) is 5.75 Å². The largest absolute Gasteiger partial charge is 0.505 e. The first-order chi connectivity index (χ1) is 13.5. The topological polar surface area (TPSA) is 67.3 Å². The number of carbonyl (C=O) groups excluding carboxylic acids is 2. The summed E-state index contributed by atoms with van der Waals surface area (Å²) in [5.74, 6) is -1.86. The Morgan fingerprint density at radius 1 is 1.04 bits per heavy atom. The molecule has 4 heteroatoms. The van der Waals surface area contributed by atoms with Gasteiger partial charge in [-0.1, -0.05) is 70.7 Å². The summed E-state index contributed by atoms with van der Waals surface area (Å²) >= 11 is 0. The van der Waals surface area contributed by atoms with Gasteiger partial charge in [-0.3, -0.25) is 14.6 Å². The lowest BCUT2D eigenvalue weighted by atomic mass is 9.95. The summed E-state index contributed by atoms with van der Waals surface area (Å²) in [5.41, 5.74) is 0.786. The zero-order valence-electron chi connectivity index (χ0n) is 17.7. The number of hydrogen-bond acceptors (Lipinski definition) is 4. The number of carbonyl (C=O) groups is 2. The standard InChI is InChI=1S/C17H13NO3.C3H6.2C2H6/c1-3-11-9(2)15(19)13(16(11)20)14-17(21)12-7-5-4-6-10(12)8-18-14;1-3-2;2*1-2/h3-8,13,21H,1H2,2H3;3H,1H2,2H3;2*1-2H3. The number of fused-ring (bicyclic) bond motifs is 1. The first-order valence-electron chi connectivity index (χ1n) is 9.53. The highest BCUT2D eigenvalue weighted by Gasteiger charge is 2.41. The molecule has 0 saturated carbocycles. The van der Waals surface area contributed by atoms with Crippen molar-refractivity contribution in [3.05, 3.63) is 72.6 Å². The van der Waals surface area contributed by atoms with E-state index in [1.807, 2.05) is 46.8 Å². The van der Waals surface area contributed by atoms with Crippen LogP contribution in [0.1, 0.15) is 53.2 Å². The molecule has 0 bridgehead atoms. The van der Waals surface area contributed by atoms with Gasteiger partial charge in [-0.15, -0.1) is 6.58 Å². The number of rotatable bonds is 2. The van der Waals surface area contributed by atoms with Crippen molar-refractivity contribution in [1.29, 1.82) is 0 Å². The SMILES string of the molecule is C=CC.C=CC1=C(C)C(=O)C(c2ncc3ccccc3c2O)C1=O.CC.CC. The van der Waals surface area contributed by atoms with Gasteiger partial charge in [-0.05, 0) is 13.8 Å². The van der Waals surface area contributed by atoms with Gasteiger partial charge < -0.3 is 5.11 Å². The third kappa shape index (κ3) is 5.03. The molecule has 28 heavy (non-hydrogen) atoms. The van der Waals surface area contributed by atoms with E-state index in [1.165, 1.54) is 6.08 Å². The van der Waals surface area contributed by atoms with Crippen LogP contribution in [0.25, 0.3) is 10.8 Å². The van der Waals surface area contributed by atoms with Gasteiger partial charge in [-0.25, -0.2) is 0 Å². The van der Waals surface area contributed by atoms with Gasteiger partial charge in [0, 0.05) is 28.1 Å². The van der Waals surface area contributed by atoms with E-state index in [-0.39, 0.29) is 23.0 Å². The lowest BCUT2D eigenvalue weighted by Crippen LogP contribution is -2.16. The number of nitrogens with zero attached hydrogens (tertiary/aromatic N) is 1. The number of hydrogen-bond donors (Lipinski definition) is 1. The predicted molar refractivity (Wildman–Crippen MR) is 118 cm³/mol. The predicted octanol–water partition coefficient (Wildman–Crippen LogP) is 5.92. The van der Waals surface area contributed by atoms with Crippen molar-refractivity contribution < 1.29 is 14.7 Å². The second-order valence-electron chi connectivity index (χ2n) is 5.39. The summed E-state index contributed by atoms with van der Waals surface area (Å²) in [5, 5.41) is 11.7. The van der Waals surface area contributed by atoms with Crippen molar-refractivity contribution in [2.75, 3.05) is 0 Å². The molecule has 1 atom stereocenters. The average molecular weight is 382 g/mol. The molecule has 0 aliphatic heterocycles. The number of benzene rings is 1. The highest BCUT2D eigenvalue weighted by molar-refractivity contribution is 6.29. The van der Waals surface area contributed by atoms with Crippen molar-refractivity contribution in [2.24, 2.45) is 0 Å². The molecule has 1 heterocycles. The van der Waals surface area contributed by atoms with Crippen LogP contribution in [0.3, 0.4) is 0 Å². The molecule has 1 aromatic heterocycles. The molecule has 1 aliphatic rings. The van der Waals surface area contributed by atoms with Crippen LogP contribution < -0.4 is 0 Å². The lowest BCUT2D eigenvalue weighted by Gasteiger charge is -2.11. The van der Waals surface area contributed by atoms with E-state index in [0.29, 0.717) is 16.5 Å². The van der Waals surface area contributed by atoms with Gasteiger partial charge in [-0.2, -0.15) is 0 Å². The van der Waals surface area contributed by atoms with Gasteiger partial charge >= 0.3 is 0 Å². The first kappa shape index (κ1) is 25.0. The Morgan fingerprint density at radius 2 is 1.57 bits per heavy atom. The van der Waals surface area contributed by atoms with Gasteiger partial charge in [0.15, 0.2) is 11.6 Å². The third-order valence-electron chi connectivity index (χ3n) is 3.84. The van der Waals surface area contributed by atoms with Crippen molar-refractivity contribution in [1.82, 2.24) is 4.98 Å². The molecule has 3 rings (SSSR count). The van der Waals surface area contributed by atoms with E-state index in [4.69, 9.17) is 0 Å². The Balaban J connectivity index is 0.000000930. The summed E-state index contributed by atoms with van der Waals surface area (Å²) in [7, 11) is 0. The molecule has 0 amide bonds. The Morgan fingerprint density at radius 3 is 2.07 bits per heavy atom. The number of aromatic nitrogens is 1. The quantitative estimate of drug-likeness (QED) is 0.518. The lowest BCUT2D eigenvalue weighted by molar-refractivity contribution is -0.123. The molecular weight excluding hydrogens is 350 g/mol. The third-order valence-corrected chi connectivity index (χ3v) is 3.84. The Kier molecular flexibility index (Phi) is 11.1. The van der Waals surface area contributed by atoms with E-state index in [0.717, 1.165) is 5.39 Å². The van der Waals surface area contributed by atoms with Gasteiger partial charge in [0.2, 0.25) is 0 Å². The fourth-order valence-electron chi connectivity index (χ4n) is 2.69. The fourth-order valence-corrected chi connectivity index (χ4v) is 2.69. The van der Waals surface area contributed by atoms with Gasteiger partial charge in [0.05, 0.1) is 0 Å². The van der Waals surface area contributed by atoms with E-state index in [9.17, 15) is 14.7 Å². The van der Waals surface area contributed by atoms with Crippen molar-refractivity contribution >= 4 is 22.3 Å². The smallest absolute Gasteiger partial charge is 0.180 e. The van der Waals surface area contributed by atoms with Crippen LogP contribution in [-0.2, 0) is 9.59 Å². The minimum atomic E-state index is -1.07. The Labute approximate surface area is 168 Å². The molecule has 1 N–H and O–H groups in total. The summed E-state index contributed by atoms with van der Waals surface area (Å²) < 4.78 is 0. The zero-order valence-corrected chi connectivity index (χ0v) is 17.7. The van der Waals surface area contributed by atoms with Crippen LogP contribution in [0.15, 0.2) is 66.9 Å². The highest BCUT2D eigenvalue weighted by Crippen LogP contribution is 2.38. The van der Waals surface area contributed by atoms with Crippen LogP contribution in [0.2, 0.25) is 0 Å².